The van der Waals surface area contributed by atoms with Crippen molar-refractivity contribution in [2.75, 3.05) is 6.54 Å². The van der Waals surface area contributed by atoms with Crippen molar-refractivity contribution in [3.05, 3.63) is 0 Å². The maximum atomic E-state index is 11.9. The van der Waals surface area contributed by atoms with Gasteiger partial charge in [-0.2, -0.15) is 0 Å². The molecule has 22 heavy (non-hydrogen) atoms. The van der Waals surface area contributed by atoms with E-state index >= 15 is 0 Å². The van der Waals surface area contributed by atoms with E-state index in [-0.39, 0.29) is 12.5 Å². The summed E-state index contributed by atoms with van der Waals surface area (Å²) >= 11 is 0. The first-order chi connectivity index (χ1) is 10.5. The number of rotatable bonds is 7. The summed E-state index contributed by atoms with van der Waals surface area (Å²) in [6.07, 6.45) is 8.78. The molecule has 0 heterocycles. The fourth-order valence-electron chi connectivity index (χ4n) is 3.58. The molecule has 2 aliphatic rings. The SMILES string of the molecule is O=C(CCC1CCCC1)NCC(=O)NC1(C(=O)O)CCCC1. The number of carboxylic acids is 1. The van der Waals surface area contributed by atoms with Gasteiger partial charge in [-0.05, 0) is 25.2 Å². The van der Waals surface area contributed by atoms with Crippen molar-refractivity contribution >= 4 is 17.8 Å². The van der Waals surface area contributed by atoms with Crippen molar-refractivity contribution < 1.29 is 19.5 Å². The van der Waals surface area contributed by atoms with Crippen LogP contribution in [0, 0.1) is 5.92 Å². The van der Waals surface area contributed by atoms with Gasteiger partial charge in [0.25, 0.3) is 0 Å². The predicted octanol–water partition coefficient (Wildman–Crippen LogP) is 1.59. The molecule has 0 radical (unpaired) electrons. The summed E-state index contributed by atoms with van der Waals surface area (Å²) in [6.45, 7) is -0.140. The highest BCUT2D eigenvalue weighted by Crippen LogP contribution is 2.30. The maximum Gasteiger partial charge on any atom is 0.329 e. The first-order valence-corrected chi connectivity index (χ1v) is 8.33. The van der Waals surface area contributed by atoms with Crippen molar-refractivity contribution in [3.8, 4) is 0 Å². The van der Waals surface area contributed by atoms with Gasteiger partial charge in [-0.15, -0.1) is 0 Å². The van der Waals surface area contributed by atoms with E-state index < -0.39 is 17.4 Å². The topological polar surface area (TPSA) is 95.5 Å². The average molecular weight is 310 g/mol. The minimum absolute atomic E-state index is 0.127. The van der Waals surface area contributed by atoms with Gasteiger partial charge in [0, 0.05) is 6.42 Å². The number of amides is 2. The molecule has 2 amide bonds. The smallest absolute Gasteiger partial charge is 0.329 e. The Labute approximate surface area is 131 Å². The molecule has 0 atom stereocenters. The zero-order valence-corrected chi connectivity index (χ0v) is 13.0. The third-order valence-electron chi connectivity index (χ3n) is 4.95. The minimum atomic E-state index is -1.13. The van der Waals surface area contributed by atoms with Crippen LogP contribution in [0.2, 0.25) is 0 Å². The summed E-state index contributed by atoms with van der Waals surface area (Å²) in [5, 5.41) is 14.5. The summed E-state index contributed by atoms with van der Waals surface area (Å²) in [5.74, 6) is -0.879. The van der Waals surface area contributed by atoms with E-state index in [4.69, 9.17) is 0 Å². The van der Waals surface area contributed by atoms with Gasteiger partial charge < -0.3 is 15.7 Å². The Bertz CT molecular complexity index is 424. The van der Waals surface area contributed by atoms with Crippen molar-refractivity contribution in [1.29, 1.82) is 0 Å². The molecule has 2 aliphatic carbocycles. The van der Waals surface area contributed by atoms with Crippen molar-refractivity contribution in [2.24, 2.45) is 5.92 Å². The number of hydrogen-bond acceptors (Lipinski definition) is 3. The first-order valence-electron chi connectivity index (χ1n) is 8.33. The third-order valence-corrected chi connectivity index (χ3v) is 4.95. The van der Waals surface area contributed by atoms with Crippen LogP contribution in [-0.4, -0.2) is 35.0 Å². The van der Waals surface area contributed by atoms with Crippen LogP contribution >= 0.6 is 0 Å². The zero-order valence-electron chi connectivity index (χ0n) is 13.0. The summed E-state index contributed by atoms with van der Waals surface area (Å²) in [7, 11) is 0. The Balaban J connectivity index is 1.68. The van der Waals surface area contributed by atoms with Crippen LogP contribution in [-0.2, 0) is 14.4 Å². The number of carbonyl (C=O) groups is 3. The monoisotopic (exact) mass is 310 g/mol. The molecule has 0 unspecified atom stereocenters. The number of nitrogens with one attached hydrogen (secondary N) is 2. The number of aliphatic carboxylic acids is 1. The highest BCUT2D eigenvalue weighted by molar-refractivity contribution is 5.90. The molecule has 2 saturated carbocycles. The van der Waals surface area contributed by atoms with Gasteiger partial charge in [0.05, 0.1) is 6.54 Å². The number of carbonyl (C=O) groups excluding carboxylic acids is 2. The quantitative estimate of drug-likeness (QED) is 0.665. The molecule has 3 N–H and O–H groups in total. The van der Waals surface area contributed by atoms with Crippen LogP contribution < -0.4 is 10.6 Å². The average Bonchev–Trinajstić information content (AvgIpc) is 3.14. The Morgan fingerprint density at radius 2 is 1.64 bits per heavy atom. The van der Waals surface area contributed by atoms with Gasteiger partial charge in [0.15, 0.2) is 0 Å². The summed E-state index contributed by atoms with van der Waals surface area (Å²) < 4.78 is 0. The van der Waals surface area contributed by atoms with Gasteiger partial charge in [0.2, 0.25) is 11.8 Å². The lowest BCUT2D eigenvalue weighted by Crippen LogP contribution is -2.54. The zero-order chi connectivity index (χ0) is 16.0. The van der Waals surface area contributed by atoms with E-state index in [1.165, 1.54) is 25.7 Å². The Kier molecular flexibility index (Phi) is 5.80. The molecular weight excluding hydrogens is 284 g/mol. The molecule has 0 aromatic carbocycles. The van der Waals surface area contributed by atoms with Crippen LogP contribution in [0.15, 0.2) is 0 Å². The fraction of sp³-hybridized carbons (Fsp3) is 0.812. The molecule has 0 saturated heterocycles. The van der Waals surface area contributed by atoms with E-state index in [1.807, 2.05) is 0 Å². The van der Waals surface area contributed by atoms with Crippen LogP contribution in [0.5, 0.6) is 0 Å². The molecule has 2 fully saturated rings. The minimum Gasteiger partial charge on any atom is -0.480 e. The molecule has 6 heteroatoms. The Hall–Kier alpha value is -1.59. The second-order valence-corrected chi connectivity index (χ2v) is 6.61. The Morgan fingerprint density at radius 1 is 1.00 bits per heavy atom. The van der Waals surface area contributed by atoms with Crippen LogP contribution in [0.3, 0.4) is 0 Å². The van der Waals surface area contributed by atoms with E-state index in [0.29, 0.717) is 25.2 Å². The highest BCUT2D eigenvalue weighted by atomic mass is 16.4. The largest absolute Gasteiger partial charge is 0.480 e. The molecule has 0 spiro atoms. The summed E-state index contributed by atoms with van der Waals surface area (Å²) in [4.78, 5) is 35.0. The lowest BCUT2D eigenvalue weighted by Gasteiger charge is -2.25. The van der Waals surface area contributed by atoms with E-state index in [1.54, 1.807) is 0 Å². The molecule has 6 nitrogen and oxygen atoms in total. The second kappa shape index (κ2) is 7.61. The normalized spacial score (nSPS) is 20.7. The fourth-order valence-corrected chi connectivity index (χ4v) is 3.58. The molecule has 0 aromatic rings. The van der Waals surface area contributed by atoms with Crippen molar-refractivity contribution in [2.45, 2.75) is 69.7 Å². The van der Waals surface area contributed by atoms with E-state index in [0.717, 1.165) is 19.3 Å². The molecule has 2 rings (SSSR count). The van der Waals surface area contributed by atoms with Crippen molar-refractivity contribution in [1.82, 2.24) is 10.6 Å². The molecule has 0 aliphatic heterocycles. The number of hydrogen-bond donors (Lipinski definition) is 3. The van der Waals surface area contributed by atoms with E-state index in [9.17, 15) is 19.5 Å². The molecule has 0 bridgehead atoms. The molecule has 124 valence electrons. The maximum absolute atomic E-state index is 11.9. The van der Waals surface area contributed by atoms with Gasteiger partial charge in [-0.3, -0.25) is 9.59 Å². The second-order valence-electron chi connectivity index (χ2n) is 6.61. The standard InChI is InChI=1S/C16H26N2O4/c19-13(8-7-12-5-1-2-6-12)17-11-14(20)18-16(15(21)22)9-3-4-10-16/h12H,1-11H2,(H,17,19)(H,18,20)(H,21,22). The third kappa shape index (κ3) is 4.45. The van der Waals surface area contributed by atoms with Gasteiger partial charge in [0.1, 0.15) is 5.54 Å². The Morgan fingerprint density at radius 3 is 2.23 bits per heavy atom. The van der Waals surface area contributed by atoms with Gasteiger partial charge >= 0.3 is 5.97 Å². The van der Waals surface area contributed by atoms with Gasteiger partial charge in [-0.1, -0.05) is 38.5 Å². The number of carboxylic acid groups (broad SMARTS) is 1. The lowest BCUT2D eigenvalue weighted by molar-refractivity contribution is -0.147. The molecule has 0 aromatic heterocycles. The van der Waals surface area contributed by atoms with Crippen LogP contribution in [0.1, 0.15) is 64.2 Å². The van der Waals surface area contributed by atoms with Crippen molar-refractivity contribution in [3.63, 3.8) is 0 Å². The van der Waals surface area contributed by atoms with Crippen LogP contribution in [0.25, 0.3) is 0 Å². The van der Waals surface area contributed by atoms with Gasteiger partial charge in [-0.25, -0.2) is 4.79 Å². The summed E-state index contributed by atoms with van der Waals surface area (Å²) in [5.41, 5.74) is -1.13. The highest BCUT2D eigenvalue weighted by Gasteiger charge is 2.42. The first kappa shape index (κ1) is 16.8. The predicted molar refractivity (Wildman–Crippen MR) is 81.2 cm³/mol. The molecular formula is C16H26N2O4. The summed E-state index contributed by atoms with van der Waals surface area (Å²) in [6, 6.07) is 0. The van der Waals surface area contributed by atoms with E-state index in [2.05, 4.69) is 10.6 Å². The lowest BCUT2D eigenvalue weighted by atomic mass is 9.98. The van der Waals surface area contributed by atoms with Crippen LogP contribution in [0.4, 0.5) is 0 Å².